The van der Waals surface area contributed by atoms with Crippen LogP contribution in [0.5, 0.6) is 0 Å². The molecule has 10 heteroatoms. The van der Waals surface area contributed by atoms with Crippen LogP contribution in [0, 0.1) is 12.8 Å². The number of carbonyl (C=O) groups excluding carboxylic acids is 2. The summed E-state index contributed by atoms with van der Waals surface area (Å²) in [6.07, 6.45) is 1.93. The number of aryl methyl sites for hydroxylation is 1. The summed E-state index contributed by atoms with van der Waals surface area (Å²) in [4.78, 5) is 28.1. The zero-order valence-corrected chi connectivity index (χ0v) is 24.5. The van der Waals surface area contributed by atoms with E-state index in [9.17, 15) is 18.0 Å². The fraction of sp³-hybridized carbons (Fsp3) is 0.481. The molecule has 37 heavy (non-hydrogen) atoms. The van der Waals surface area contributed by atoms with Gasteiger partial charge in [-0.3, -0.25) is 13.9 Å². The average Bonchev–Trinajstić information content (AvgIpc) is 2.82. The Morgan fingerprint density at radius 3 is 2.22 bits per heavy atom. The fourth-order valence-electron chi connectivity index (χ4n) is 3.96. The van der Waals surface area contributed by atoms with Crippen LogP contribution in [0.3, 0.4) is 0 Å². The Hall–Kier alpha value is -2.29. The Morgan fingerprint density at radius 1 is 1.03 bits per heavy atom. The van der Waals surface area contributed by atoms with Crippen molar-refractivity contribution in [1.82, 2.24) is 10.2 Å². The minimum Gasteiger partial charge on any atom is -0.354 e. The third-order valence-electron chi connectivity index (χ3n) is 5.93. The molecule has 0 saturated carbocycles. The molecule has 0 saturated heterocycles. The first-order valence-electron chi connectivity index (χ1n) is 12.4. The van der Waals surface area contributed by atoms with Gasteiger partial charge in [-0.1, -0.05) is 62.2 Å². The van der Waals surface area contributed by atoms with E-state index < -0.39 is 16.1 Å². The van der Waals surface area contributed by atoms with Crippen LogP contribution in [-0.2, 0) is 26.2 Å². The molecule has 0 radical (unpaired) electrons. The lowest BCUT2D eigenvalue weighted by Gasteiger charge is -2.31. The average molecular weight is 571 g/mol. The lowest BCUT2D eigenvalue weighted by Crippen LogP contribution is -2.49. The van der Waals surface area contributed by atoms with Crippen LogP contribution in [0.1, 0.15) is 51.2 Å². The van der Waals surface area contributed by atoms with E-state index in [2.05, 4.69) is 5.32 Å². The third kappa shape index (κ3) is 9.51. The molecule has 0 aliphatic heterocycles. The second-order valence-corrected chi connectivity index (χ2v) is 12.4. The number of halogens is 2. The zero-order valence-electron chi connectivity index (χ0n) is 22.1. The molecule has 2 aromatic rings. The van der Waals surface area contributed by atoms with Crippen molar-refractivity contribution in [2.24, 2.45) is 5.92 Å². The first-order valence-corrected chi connectivity index (χ1v) is 15.0. The number of benzene rings is 2. The minimum atomic E-state index is -3.60. The van der Waals surface area contributed by atoms with Crippen LogP contribution in [0.15, 0.2) is 42.5 Å². The standard InChI is InChI=1S/C27H37Cl2N3O4S/c1-6-24(27(34)30-17-19(2)3)31(18-21-10-13-22(28)14-11-21)26(33)8-7-15-32(37(5,35)36)25-16-23(29)12-9-20(25)4/h9-14,16,19,24H,6-8,15,17-18H2,1-5H3,(H,30,34)/t24-/m1/s1. The number of rotatable bonds is 13. The number of nitrogens with zero attached hydrogens (tertiary/aromatic N) is 2. The van der Waals surface area contributed by atoms with Gasteiger partial charge in [0.15, 0.2) is 0 Å². The largest absolute Gasteiger partial charge is 0.354 e. The molecule has 2 aromatic carbocycles. The van der Waals surface area contributed by atoms with Crippen molar-refractivity contribution in [2.45, 2.75) is 59.5 Å². The fourth-order valence-corrected chi connectivity index (χ4v) is 5.27. The second kappa shape index (κ2) is 14.0. The first kappa shape index (κ1) is 30.9. The molecule has 0 aliphatic rings. The van der Waals surface area contributed by atoms with Crippen molar-refractivity contribution in [3.63, 3.8) is 0 Å². The van der Waals surface area contributed by atoms with Crippen molar-refractivity contribution >= 4 is 50.7 Å². The highest BCUT2D eigenvalue weighted by atomic mass is 35.5. The molecular formula is C27H37Cl2N3O4S. The lowest BCUT2D eigenvalue weighted by atomic mass is 10.1. The van der Waals surface area contributed by atoms with Gasteiger partial charge in [0.2, 0.25) is 21.8 Å². The summed E-state index contributed by atoms with van der Waals surface area (Å²) in [6, 6.07) is 11.6. The number of sulfonamides is 1. The van der Waals surface area contributed by atoms with Gasteiger partial charge in [-0.25, -0.2) is 8.42 Å². The van der Waals surface area contributed by atoms with E-state index in [-0.39, 0.29) is 43.7 Å². The summed E-state index contributed by atoms with van der Waals surface area (Å²) < 4.78 is 26.4. The van der Waals surface area contributed by atoms with Gasteiger partial charge in [-0.05, 0) is 61.1 Å². The van der Waals surface area contributed by atoms with Gasteiger partial charge >= 0.3 is 0 Å². The third-order valence-corrected chi connectivity index (χ3v) is 7.60. The van der Waals surface area contributed by atoms with Crippen molar-refractivity contribution in [3.8, 4) is 0 Å². The van der Waals surface area contributed by atoms with Gasteiger partial charge in [0, 0.05) is 36.1 Å². The van der Waals surface area contributed by atoms with Crippen molar-refractivity contribution in [3.05, 3.63) is 63.6 Å². The van der Waals surface area contributed by atoms with Gasteiger partial charge in [-0.15, -0.1) is 0 Å². The van der Waals surface area contributed by atoms with Crippen LogP contribution < -0.4 is 9.62 Å². The van der Waals surface area contributed by atoms with E-state index in [1.165, 1.54) is 4.31 Å². The topological polar surface area (TPSA) is 86.8 Å². The van der Waals surface area contributed by atoms with Gasteiger partial charge in [0.25, 0.3) is 0 Å². The summed E-state index contributed by atoms with van der Waals surface area (Å²) in [5, 5.41) is 3.95. The van der Waals surface area contributed by atoms with Crippen LogP contribution in [0.2, 0.25) is 10.0 Å². The molecule has 2 amide bonds. The summed E-state index contributed by atoms with van der Waals surface area (Å²) in [5.41, 5.74) is 2.10. The monoisotopic (exact) mass is 569 g/mol. The number of hydrogen-bond donors (Lipinski definition) is 1. The number of nitrogens with one attached hydrogen (secondary N) is 1. The maximum atomic E-state index is 13.5. The molecule has 0 fully saturated rings. The van der Waals surface area contributed by atoms with Crippen molar-refractivity contribution in [2.75, 3.05) is 23.7 Å². The van der Waals surface area contributed by atoms with Gasteiger partial charge in [-0.2, -0.15) is 0 Å². The highest BCUT2D eigenvalue weighted by molar-refractivity contribution is 7.92. The minimum absolute atomic E-state index is 0.0766. The summed E-state index contributed by atoms with van der Waals surface area (Å²) in [7, 11) is -3.60. The molecule has 1 atom stereocenters. The van der Waals surface area contributed by atoms with E-state index in [0.29, 0.717) is 28.7 Å². The van der Waals surface area contributed by atoms with E-state index in [4.69, 9.17) is 23.2 Å². The molecule has 0 spiro atoms. The highest BCUT2D eigenvalue weighted by Crippen LogP contribution is 2.27. The van der Waals surface area contributed by atoms with Gasteiger partial charge < -0.3 is 10.2 Å². The molecule has 1 N–H and O–H groups in total. The summed E-state index contributed by atoms with van der Waals surface area (Å²) in [5.74, 6) is -0.151. The molecule has 0 unspecified atom stereocenters. The van der Waals surface area contributed by atoms with Gasteiger partial charge in [0.1, 0.15) is 6.04 Å². The van der Waals surface area contributed by atoms with Gasteiger partial charge in [0.05, 0.1) is 11.9 Å². The molecular weight excluding hydrogens is 533 g/mol. The Kier molecular flexibility index (Phi) is 11.7. The number of anilines is 1. The SMILES string of the molecule is CC[C@H](C(=O)NCC(C)C)N(Cc1ccc(Cl)cc1)C(=O)CCCN(c1cc(Cl)ccc1C)S(C)(=O)=O. The molecule has 204 valence electrons. The Balaban J connectivity index is 2.23. The predicted molar refractivity (Wildman–Crippen MR) is 152 cm³/mol. The van der Waals surface area contributed by atoms with Crippen molar-refractivity contribution < 1.29 is 18.0 Å². The molecule has 7 nitrogen and oxygen atoms in total. The lowest BCUT2D eigenvalue weighted by molar-refractivity contribution is -0.141. The summed E-state index contributed by atoms with van der Waals surface area (Å²) >= 11 is 12.1. The first-order chi connectivity index (χ1) is 17.3. The highest BCUT2D eigenvalue weighted by Gasteiger charge is 2.29. The van der Waals surface area contributed by atoms with Crippen LogP contribution in [0.25, 0.3) is 0 Å². The maximum Gasteiger partial charge on any atom is 0.242 e. The van der Waals surface area contributed by atoms with Crippen molar-refractivity contribution in [1.29, 1.82) is 0 Å². The van der Waals surface area contributed by atoms with E-state index in [1.807, 2.05) is 39.8 Å². The number of hydrogen-bond acceptors (Lipinski definition) is 4. The zero-order chi connectivity index (χ0) is 27.8. The molecule has 0 bridgehead atoms. The Bertz CT molecular complexity index is 1170. The van der Waals surface area contributed by atoms with E-state index in [1.54, 1.807) is 35.2 Å². The Morgan fingerprint density at radius 2 is 1.65 bits per heavy atom. The molecule has 0 aromatic heterocycles. The summed E-state index contributed by atoms with van der Waals surface area (Å²) in [6.45, 7) is 8.56. The molecule has 0 aliphatic carbocycles. The maximum absolute atomic E-state index is 13.5. The van der Waals surface area contributed by atoms with Crippen LogP contribution in [-0.4, -0.2) is 50.5 Å². The van der Waals surface area contributed by atoms with E-state index >= 15 is 0 Å². The quantitative estimate of drug-likeness (QED) is 0.348. The molecule has 2 rings (SSSR count). The second-order valence-electron chi connectivity index (χ2n) is 9.58. The smallest absolute Gasteiger partial charge is 0.242 e. The normalized spacial score (nSPS) is 12.3. The number of amides is 2. The Labute approximate surface area is 231 Å². The van der Waals surface area contributed by atoms with E-state index in [0.717, 1.165) is 17.4 Å². The van der Waals surface area contributed by atoms with Crippen LogP contribution >= 0.6 is 23.2 Å². The molecule has 0 heterocycles. The predicted octanol–water partition coefficient (Wildman–Crippen LogP) is 5.43. The number of carbonyl (C=O) groups is 2. The van der Waals surface area contributed by atoms with Crippen LogP contribution in [0.4, 0.5) is 5.69 Å².